The van der Waals surface area contributed by atoms with Crippen molar-refractivity contribution in [2.24, 2.45) is 5.73 Å². The first-order valence-electron chi connectivity index (χ1n) is 7.78. The van der Waals surface area contributed by atoms with E-state index in [0.29, 0.717) is 12.6 Å². The first-order chi connectivity index (χ1) is 10.3. The number of fused-ring (bicyclic) bond motifs is 1. The van der Waals surface area contributed by atoms with Gasteiger partial charge in [-0.3, -0.25) is 0 Å². The Labute approximate surface area is 125 Å². The van der Waals surface area contributed by atoms with E-state index in [1.165, 1.54) is 18.5 Å². The monoisotopic (exact) mass is 288 g/mol. The third kappa shape index (κ3) is 3.04. The van der Waals surface area contributed by atoms with E-state index in [9.17, 15) is 0 Å². The van der Waals surface area contributed by atoms with E-state index < -0.39 is 0 Å². The van der Waals surface area contributed by atoms with Gasteiger partial charge < -0.3 is 19.8 Å². The van der Waals surface area contributed by atoms with Crippen LogP contribution in [0.2, 0.25) is 0 Å². The van der Waals surface area contributed by atoms with Crippen LogP contribution in [0.25, 0.3) is 5.65 Å². The molecule has 0 spiro atoms. The summed E-state index contributed by atoms with van der Waals surface area (Å²) >= 11 is 0. The second-order valence-corrected chi connectivity index (χ2v) is 5.72. The van der Waals surface area contributed by atoms with Crippen molar-refractivity contribution in [3.05, 3.63) is 30.1 Å². The maximum Gasteiger partial charge on any atom is 0.151 e. The van der Waals surface area contributed by atoms with Crippen molar-refractivity contribution >= 4 is 11.5 Å². The molecule has 2 aromatic heterocycles. The fraction of sp³-hybridized carbons (Fsp3) is 0.562. The molecule has 21 heavy (non-hydrogen) atoms. The van der Waals surface area contributed by atoms with Crippen LogP contribution in [0.5, 0.6) is 0 Å². The molecule has 1 fully saturated rings. The lowest BCUT2D eigenvalue weighted by Gasteiger charge is -2.28. The summed E-state index contributed by atoms with van der Waals surface area (Å²) < 4.78 is 7.98. The van der Waals surface area contributed by atoms with Gasteiger partial charge in [-0.1, -0.05) is 6.07 Å². The minimum atomic E-state index is 0.319. The molecule has 2 N–H and O–H groups in total. The first-order valence-corrected chi connectivity index (χ1v) is 7.78. The van der Waals surface area contributed by atoms with E-state index in [1.54, 1.807) is 0 Å². The summed E-state index contributed by atoms with van der Waals surface area (Å²) in [6.45, 7) is 2.41. The summed E-state index contributed by atoms with van der Waals surface area (Å²) in [7, 11) is 2.10. The molecule has 1 saturated heterocycles. The van der Waals surface area contributed by atoms with Crippen molar-refractivity contribution in [1.29, 1.82) is 0 Å². The van der Waals surface area contributed by atoms with Gasteiger partial charge >= 0.3 is 0 Å². The summed E-state index contributed by atoms with van der Waals surface area (Å²) in [4.78, 5) is 6.99. The van der Waals surface area contributed by atoms with E-state index in [4.69, 9.17) is 15.5 Å². The zero-order valence-corrected chi connectivity index (χ0v) is 12.7. The van der Waals surface area contributed by atoms with Crippen molar-refractivity contribution < 1.29 is 4.74 Å². The molecule has 1 unspecified atom stereocenters. The molecule has 0 amide bonds. The number of hydrogen-bond donors (Lipinski definition) is 1. The molecule has 0 aliphatic carbocycles. The highest BCUT2D eigenvalue weighted by atomic mass is 16.5. The lowest BCUT2D eigenvalue weighted by molar-refractivity contribution is 0.0215. The quantitative estimate of drug-likeness (QED) is 0.912. The number of nitrogens with zero attached hydrogens (tertiary/aromatic N) is 3. The van der Waals surface area contributed by atoms with Crippen LogP contribution in [0.1, 0.15) is 25.0 Å². The number of ether oxygens (including phenoxy) is 1. The molecule has 1 atom stereocenters. The predicted octanol–water partition coefficient (Wildman–Crippen LogP) is 1.84. The van der Waals surface area contributed by atoms with E-state index in [2.05, 4.69) is 22.5 Å². The van der Waals surface area contributed by atoms with Crippen molar-refractivity contribution in [3.8, 4) is 0 Å². The van der Waals surface area contributed by atoms with Crippen molar-refractivity contribution in [2.75, 3.05) is 31.6 Å². The van der Waals surface area contributed by atoms with Gasteiger partial charge in [0.1, 0.15) is 5.65 Å². The fourth-order valence-corrected chi connectivity index (χ4v) is 3.05. The van der Waals surface area contributed by atoms with Crippen LogP contribution in [-0.2, 0) is 11.2 Å². The van der Waals surface area contributed by atoms with E-state index in [-0.39, 0.29) is 0 Å². The molecule has 0 aromatic carbocycles. The number of likely N-dealkylation sites (N-methyl/N-ethyl adjacent to an activating group) is 1. The van der Waals surface area contributed by atoms with Crippen LogP contribution in [0.15, 0.2) is 24.4 Å². The molecular formula is C16H24N4O. The van der Waals surface area contributed by atoms with Crippen LogP contribution in [0.4, 0.5) is 5.82 Å². The average Bonchev–Trinajstić information content (AvgIpc) is 2.88. The Morgan fingerprint density at radius 1 is 1.43 bits per heavy atom. The Morgan fingerprint density at radius 3 is 3.10 bits per heavy atom. The van der Waals surface area contributed by atoms with Crippen LogP contribution in [0.3, 0.4) is 0 Å². The van der Waals surface area contributed by atoms with Crippen molar-refractivity contribution in [3.63, 3.8) is 0 Å². The van der Waals surface area contributed by atoms with Gasteiger partial charge in [0, 0.05) is 32.8 Å². The molecule has 1 aliphatic heterocycles. The molecular weight excluding hydrogens is 264 g/mol. The molecule has 114 valence electrons. The average molecular weight is 288 g/mol. The molecule has 0 radical (unpaired) electrons. The maximum absolute atomic E-state index is 5.84. The van der Waals surface area contributed by atoms with Gasteiger partial charge in [-0.25, -0.2) is 4.98 Å². The Kier molecular flexibility index (Phi) is 4.41. The minimum Gasteiger partial charge on any atom is -0.376 e. The summed E-state index contributed by atoms with van der Waals surface area (Å²) in [6.07, 6.45) is 6.80. The SMILES string of the molecule is CN(CC1CCCCO1)c1nc2ccccn2c1CCN. The second-order valence-electron chi connectivity index (χ2n) is 5.72. The largest absolute Gasteiger partial charge is 0.376 e. The van der Waals surface area contributed by atoms with Crippen molar-refractivity contribution in [1.82, 2.24) is 9.38 Å². The van der Waals surface area contributed by atoms with Gasteiger partial charge in [0.15, 0.2) is 5.82 Å². The molecule has 2 aromatic rings. The Bertz CT molecular complexity index is 589. The Balaban J connectivity index is 1.85. The minimum absolute atomic E-state index is 0.319. The molecule has 0 saturated carbocycles. The van der Waals surface area contributed by atoms with E-state index >= 15 is 0 Å². The van der Waals surface area contributed by atoms with E-state index in [1.807, 2.05) is 18.2 Å². The zero-order chi connectivity index (χ0) is 14.7. The number of nitrogens with two attached hydrogens (primary N) is 1. The van der Waals surface area contributed by atoms with Gasteiger partial charge in [0.25, 0.3) is 0 Å². The summed E-state index contributed by atoms with van der Waals surface area (Å²) in [5.41, 5.74) is 7.95. The number of imidazole rings is 1. The summed E-state index contributed by atoms with van der Waals surface area (Å²) in [6, 6.07) is 6.08. The Morgan fingerprint density at radius 2 is 2.33 bits per heavy atom. The molecule has 5 heteroatoms. The number of aromatic nitrogens is 2. The first kappa shape index (κ1) is 14.4. The smallest absolute Gasteiger partial charge is 0.151 e. The molecule has 0 bridgehead atoms. The summed E-state index contributed by atoms with van der Waals surface area (Å²) in [5.74, 6) is 1.03. The topological polar surface area (TPSA) is 55.8 Å². The Hall–Kier alpha value is -1.59. The zero-order valence-electron chi connectivity index (χ0n) is 12.7. The summed E-state index contributed by atoms with van der Waals surface area (Å²) in [5, 5.41) is 0. The second kappa shape index (κ2) is 6.45. The highest BCUT2D eigenvalue weighted by molar-refractivity contribution is 5.55. The molecule has 3 rings (SSSR count). The molecule has 5 nitrogen and oxygen atoms in total. The van der Waals surface area contributed by atoms with E-state index in [0.717, 1.165) is 37.5 Å². The standard InChI is InChI=1S/C16H24N4O/c1-19(12-13-6-3-5-11-21-13)16-14(8-9-17)20-10-4-2-7-15(20)18-16/h2,4,7,10,13H,3,5-6,8-9,11-12,17H2,1H3. The van der Waals surface area contributed by atoms with Gasteiger partial charge in [-0.2, -0.15) is 0 Å². The highest BCUT2D eigenvalue weighted by Crippen LogP contribution is 2.23. The number of rotatable bonds is 5. The molecule has 3 heterocycles. The van der Waals surface area contributed by atoms with Gasteiger partial charge in [0.05, 0.1) is 11.8 Å². The number of pyridine rings is 1. The third-order valence-corrected chi connectivity index (χ3v) is 4.10. The third-order valence-electron chi connectivity index (χ3n) is 4.10. The van der Waals surface area contributed by atoms with Crippen LogP contribution in [-0.4, -0.2) is 42.2 Å². The lowest BCUT2D eigenvalue weighted by Crippen LogP contribution is -2.34. The van der Waals surface area contributed by atoms with Crippen LogP contribution in [0, 0.1) is 0 Å². The number of anilines is 1. The normalized spacial score (nSPS) is 19.0. The van der Waals surface area contributed by atoms with Crippen LogP contribution < -0.4 is 10.6 Å². The highest BCUT2D eigenvalue weighted by Gasteiger charge is 2.20. The lowest BCUT2D eigenvalue weighted by atomic mass is 10.1. The van der Waals surface area contributed by atoms with Crippen LogP contribution >= 0.6 is 0 Å². The number of hydrogen-bond acceptors (Lipinski definition) is 4. The molecule has 1 aliphatic rings. The van der Waals surface area contributed by atoms with Gasteiger partial charge in [-0.05, 0) is 37.9 Å². The predicted molar refractivity (Wildman–Crippen MR) is 84.8 cm³/mol. The maximum atomic E-state index is 5.84. The van der Waals surface area contributed by atoms with Gasteiger partial charge in [0.2, 0.25) is 0 Å². The van der Waals surface area contributed by atoms with Crippen molar-refractivity contribution in [2.45, 2.75) is 31.8 Å². The van der Waals surface area contributed by atoms with Gasteiger partial charge in [-0.15, -0.1) is 0 Å². The fourth-order valence-electron chi connectivity index (χ4n) is 3.05.